The van der Waals surface area contributed by atoms with Crippen LogP contribution in [-0.4, -0.2) is 26.3 Å². The van der Waals surface area contributed by atoms with Gasteiger partial charge in [0.05, 0.1) is 16.6 Å². The standard InChI is InChI=1S/C20H18N4O4/c1-10-5-7-14(8-6-10)18-23-22-17(27-18)13(4)26-20(25)15-9-11(2)21-19-16(15)12(3)24-28-19/h5-9,13H,1-4H3. The van der Waals surface area contributed by atoms with Gasteiger partial charge in [-0.05, 0) is 45.9 Å². The van der Waals surface area contributed by atoms with Crippen LogP contribution in [0.3, 0.4) is 0 Å². The predicted molar refractivity (Wildman–Crippen MR) is 99.6 cm³/mol. The van der Waals surface area contributed by atoms with Crippen molar-refractivity contribution in [1.82, 2.24) is 20.3 Å². The maximum Gasteiger partial charge on any atom is 0.339 e. The molecule has 0 spiro atoms. The molecule has 1 atom stereocenters. The summed E-state index contributed by atoms with van der Waals surface area (Å²) >= 11 is 0. The van der Waals surface area contributed by atoms with Gasteiger partial charge in [0.25, 0.3) is 11.6 Å². The summed E-state index contributed by atoms with van der Waals surface area (Å²) in [5.74, 6) is 0.0484. The van der Waals surface area contributed by atoms with Gasteiger partial charge in [-0.1, -0.05) is 22.9 Å². The van der Waals surface area contributed by atoms with Gasteiger partial charge in [0.15, 0.2) is 6.10 Å². The number of fused-ring (bicyclic) bond motifs is 1. The maximum absolute atomic E-state index is 12.7. The Morgan fingerprint density at radius 2 is 1.86 bits per heavy atom. The Balaban J connectivity index is 1.57. The highest BCUT2D eigenvalue weighted by Crippen LogP contribution is 2.26. The van der Waals surface area contributed by atoms with Gasteiger partial charge in [-0.3, -0.25) is 0 Å². The number of hydrogen-bond acceptors (Lipinski definition) is 8. The molecule has 0 fully saturated rings. The average molecular weight is 378 g/mol. The van der Waals surface area contributed by atoms with Crippen molar-refractivity contribution in [3.05, 3.63) is 58.7 Å². The summed E-state index contributed by atoms with van der Waals surface area (Å²) < 4.78 is 16.4. The maximum atomic E-state index is 12.7. The quantitative estimate of drug-likeness (QED) is 0.489. The Hall–Kier alpha value is -3.55. The zero-order valence-corrected chi connectivity index (χ0v) is 15.9. The molecule has 4 rings (SSSR count). The van der Waals surface area contributed by atoms with Crippen LogP contribution in [0.1, 0.15) is 46.2 Å². The largest absolute Gasteiger partial charge is 0.449 e. The second-order valence-electron chi connectivity index (χ2n) is 6.62. The molecule has 4 aromatic rings. The van der Waals surface area contributed by atoms with Crippen LogP contribution in [0.4, 0.5) is 0 Å². The van der Waals surface area contributed by atoms with E-state index in [0.29, 0.717) is 33.9 Å². The average Bonchev–Trinajstić information content (AvgIpc) is 3.29. The molecule has 0 amide bonds. The number of carbonyl (C=O) groups is 1. The fraction of sp³-hybridized carbons (Fsp3) is 0.250. The number of carbonyl (C=O) groups excluding carboxylic acids is 1. The first-order valence-corrected chi connectivity index (χ1v) is 8.77. The predicted octanol–water partition coefficient (Wildman–Crippen LogP) is 4.12. The second kappa shape index (κ2) is 6.88. The topological polar surface area (TPSA) is 104 Å². The van der Waals surface area contributed by atoms with E-state index in [1.807, 2.05) is 31.2 Å². The van der Waals surface area contributed by atoms with Gasteiger partial charge in [-0.2, -0.15) is 0 Å². The van der Waals surface area contributed by atoms with Gasteiger partial charge >= 0.3 is 5.97 Å². The van der Waals surface area contributed by atoms with Gasteiger partial charge < -0.3 is 13.7 Å². The van der Waals surface area contributed by atoms with Gasteiger partial charge in [-0.15, -0.1) is 10.2 Å². The van der Waals surface area contributed by atoms with E-state index in [0.717, 1.165) is 11.1 Å². The minimum Gasteiger partial charge on any atom is -0.449 e. The number of pyridine rings is 1. The van der Waals surface area contributed by atoms with E-state index in [-0.39, 0.29) is 5.89 Å². The van der Waals surface area contributed by atoms with E-state index in [1.54, 1.807) is 26.8 Å². The Labute approximate surface area is 160 Å². The van der Waals surface area contributed by atoms with Crippen molar-refractivity contribution >= 4 is 17.1 Å². The molecule has 0 aliphatic rings. The number of aryl methyl sites for hydroxylation is 3. The third kappa shape index (κ3) is 3.24. The molecule has 8 heteroatoms. The van der Waals surface area contributed by atoms with E-state index in [9.17, 15) is 4.79 Å². The third-order valence-electron chi connectivity index (χ3n) is 4.34. The zero-order valence-electron chi connectivity index (χ0n) is 15.9. The van der Waals surface area contributed by atoms with Crippen LogP contribution in [0.15, 0.2) is 39.3 Å². The van der Waals surface area contributed by atoms with Crippen LogP contribution < -0.4 is 0 Å². The third-order valence-corrected chi connectivity index (χ3v) is 4.34. The van der Waals surface area contributed by atoms with Gasteiger partial charge in [0, 0.05) is 11.3 Å². The normalized spacial score (nSPS) is 12.3. The first-order valence-electron chi connectivity index (χ1n) is 8.77. The Morgan fingerprint density at radius 1 is 1.11 bits per heavy atom. The van der Waals surface area contributed by atoms with Crippen molar-refractivity contribution < 1.29 is 18.5 Å². The van der Waals surface area contributed by atoms with E-state index < -0.39 is 12.1 Å². The van der Waals surface area contributed by atoms with Crippen molar-refractivity contribution in [1.29, 1.82) is 0 Å². The van der Waals surface area contributed by atoms with Crippen LogP contribution in [-0.2, 0) is 4.74 Å². The van der Waals surface area contributed by atoms with Gasteiger partial charge in [0.2, 0.25) is 5.89 Å². The number of ether oxygens (including phenoxy) is 1. The summed E-state index contributed by atoms with van der Waals surface area (Å²) in [6.45, 7) is 7.19. The number of benzene rings is 1. The highest BCUT2D eigenvalue weighted by Gasteiger charge is 2.24. The minimum absolute atomic E-state index is 0.216. The molecule has 142 valence electrons. The molecule has 0 aliphatic heterocycles. The van der Waals surface area contributed by atoms with Crippen molar-refractivity contribution in [2.45, 2.75) is 33.8 Å². The second-order valence-corrected chi connectivity index (χ2v) is 6.62. The molecule has 3 heterocycles. The van der Waals surface area contributed by atoms with E-state index >= 15 is 0 Å². The highest BCUT2D eigenvalue weighted by atomic mass is 16.6. The fourth-order valence-corrected chi connectivity index (χ4v) is 2.86. The minimum atomic E-state index is -0.720. The lowest BCUT2D eigenvalue weighted by atomic mass is 10.1. The summed E-state index contributed by atoms with van der Waals surface area (Å²) in [4.78, 5) is 17.0. The summed E-state index contributed by atoms with van der Waals surface area (Å²) in [5.41, 5.74) is 3.77. The smallest absolute Gasteiger partial charge is 0.339 e. The molecular weight excluding hydrogens is 360 g/mol. The van der Waals surface area contributed by atoms with Crippen LogP contribution in [0.2, 0.25) is 0 Å². The fourth-order valence-electron chi connectivity index (χ4n) is 2.86. The lowest BCUT2D eigenvalue weighted by molar-refractivity contribution is 0.0282. The summed E-state index contributed by atoms with van der Waals surface area (Å²) in [5, 5.41) is 12.5. The summed E-state index contributed by atoms with van der Waals surface area (Å²) in [6, 6.07) is 9.36. The number of esters is 1. The Bertz CT molecular complexity index is 1160. The molecule has 28 heavy (non-hydrogen) atoms. The number of nitrogens with zero attached hydrogens (tertiary/aromatic N) is 4. The molecule has 1 aromatic carbocycles. The summed E-state index contributed by atoms with van der Waals surface area (Å²) in [7, 11) is 0. The van der Waals surface area contributed by atoms with Crippen LogP contribution in [0.25, 0.3) is 22.6 Å². The molecule has 0 bridgehead atoms. The lowest BCUT2D eigenvalue weighted by Crippen LogP contribution is -2.11. The highest BCUT2D eigenvalue weighted by molar-refractivity contribution is 6.03. The summed E-state index contributed by atoms with van der Waals surface area (Å²) in [6.07, 6.45) is -0.720. The van der Waals surface area contributed by atoms with Crippen molar-refractivity contribution in [2.24, 2.45) is 0 Å². The molecule has 8 nitrogen and oxygen atoms in total. The van der Waals surface area contributed by atoms with E-state index in [1.165, 1.54) is 0 Å². The molecular formula is C20H18N4O4. The first kappa shape index (κ1) is 17.8. The Morgan fingerprint density at radius 3 is 2.61 bits per heavy atom. The molecule has 1 unspecified atom stereocenters. The molecule has 0 saturated carbocycles. The number of aromatic nitrogens is 4. The molecule has 0 N–H and O–H groups in total. The zero-order chi connectivity index (χ0) is 19.8. The van der Waals surface area contributed by atoms with Crippen LogP contribution in [0.5, 0.6) is 0 Å². The van der Waals surface area contributed by atoms with E-state index in [4.69, 9.17) is 13.7 Å². The lowest BCUT2D eigenvalue weighted by Gasteiger charge is -2.10. The SMILES string of the molecule is Cc1ccc(-c2nnc(C(C)OC(=O)c3cc(C)nc4onc(C)c34)o2)cc1. The molecule has 0 radical (unpaired) electrons. The van der Waals surface area contributed by atoms with Gasteiger partial charge in [0.1, 0.15) is 0 Å². The first-order chi connectivity index (χ1) is 13.4. The van der Waals surface area contributed by atoms with Crippen LogP contribution in [0, 0.1) is 20.8 Å². The Kier molecular flexibility index (Phi) is 4.38. The number of rotatable bonds is 4. The van der Waals surface area contributed by atoms with Crippen LogP contribution >= 0.6 is 0 Å². The van der Waals surface area contributed by atoms with Crippen molar-refractivity contribution in [2.75, 3.05) is 0 Å². The number of hydrogen-bond donors (Lipinski definition) is 0. The monoisotopic (exact) mass is 378 g/mol. The van der Waals surface area contributed by atoms with Crippen molar-refractivity contribution in [3.63, 3.8) is 0 Å². The van der Waals surface area contributed by atoms with Gasteiger partial charge in [-0.25, -0.2) is 9.78 Å². The molecule has 0 aliphatic carbocycles. The molecule has 0 saturated heterocycles. The van der Waals surface area contributed by atoms with Crippen molar-refractivity contribution in [3.8, 4) is 11.5 Å². The molecule has 3 aromatic heterocycles. The van der Waals surface area contributed by atoms with E-state index in [2.05, 4.69) is 20.3 Å².